The predicted molar refractivity (Wildman–Crippen MR) is 69.6 cm³/mol. The highest BCUT2D eigenvalue weighted by molar-refractivity contribution is 5.29. The van der Waals surface area contributed by atoms with E-state index in [0.29, 0.717) is 13.3 Å². The van der Waals surface area contributed by atoms with Crippen LogP contribution in [0.1, 0.15) is 30.5 Å². The second kappa shape index (κ2) is 7.43. The van der Waals surface area contributed by atoms with Crippen molar-refractivity contribution in [3.8, 4) is 0 Å². The van der Waals surface area contributed by atoms with E-state index in [1.165, 1.54) is 16.7 Å². The molecule has 0 heterocycles. The van der Waals surface area contributed by atoms with Gasteiger partial charge in [0.25, 0.3) is 0 Å². The standard InChI is InChI=1S/C14H23NO2/c1-5-15(6-2)11-17-16-10-14-8-7-12(3)9-13(14)4/h7-9H,5-6,10-11H2,1-4H3. The Bertz CT molecular complexity index is 335. The summed E-state index contributed by atoms with van der Waals surface area (Å²) in [6, 6.07) is 6.34. The Morgan fingerprint density at radius 3 is 2.35 bits per heavy atom. The van der Waals surface area contributed by atoms with E-state index in [-0.39, 0.29) is 0 Å². The molecule has 1 rings (SSSR count). The van der Waals surface area contributed by atoms with E-state index in [1.54, 1.807) is 0 Å². The summed E-state index contributed by atoms with van der Waals surface area (Å²) >= 11 is 0. The molecule has 0 spiro atoms. The lowest BCUT2D eigenvalue weighted by atomic mass is 10.1. The first-order valence-electron chi connectivity index (χ1n) is 6.20. The summed E-state index contributed by atoms with van der Waals surface area (Å²) in [7, 11) is 0. The Morgan fingerprint density at radius 1 is 1.06 bits per heavy atom. The van der Waals surface area contributed by atoms with Crippen molar-refractivity contribution in [2.75, 3.05) is 19.8 Å². The van der Waals surface area contributed by atoms with Gasteiger partial charge in [-0.25, -0.2) is 9.78 Å². The lowest BCUT2D eigenvalue weighted by molar-refractivity contribution is -0.323. The Labute approximate surface area is 104 Å². The van der Waals surface area contributed by atoms with Gasteiger partial charge in [0.15, 0.2) is 0 Å². The summed E-state index contributed by atoms with van der Waals surface area (Å²) < 4.78 is 0. The highest BCUT2D eigenvalue weighted by Crippen LogP contribution is 2.11. The van der Waals surface area contributed by atoms with E-state index in [9.17, 15) is 0 Å². The molecular weight excluding hydrogens is 214 g/mol. The first-order valence-corrected chi connectivity index (χ1v) is 6.20. The van der Waals surface area contributed by atoms with E-state index >= 15 is 0 Å². The molecule has 3 heteroatoms. The van der Waals surface area contributed by atoms with Crippen LogP contribution in [0, 0.1) is 13.8 Å². The highest BCUT2D eigenvalue weighted by Gasteiger charge is 2.01. The molecule has 0 fully saturated rings. The average molecular weight is 237 g/mol. The third-order valence-corrected chi connectivity index (χ3v) is 2.93. The fourth-order valence-electron chi connectivity index (χ4n) is 1.63. The molecule has 0 unspecified atom stereocenters. The molecule has 3 nitrogen and oxygen atoms in total. The van der Waals surface area contributed by atoms with Crippen LogP contribution < -0.4 is 0 Å². The van der Waals surface area contributed by atoms with Gasteiger partial charge < -0.3 is 0 Å². The number of hydrogen-bond donors (Lipinski definition) is 0. The zero-order chi connectivity index (χ0) is 12.7. The number of rotatable bonds is 7. The van der Waals surface area contributed by atoms with Crippen LogP contribution in [-0.2, 0) is 16.4 Å². The van der Waals surface area contributed by atoms with Crippen LogP contribution in [0.3, 0.4) is 0 Å². The average Bonchev–Trinajstić information content (AvgIpc) is 2.32. The van der Waals surface area contributed by atoms with E-state index in [2.05, 4.69) is 50.8 Å². The molecule has 1 aromatic carbocycles. The third kappa shape index (κ3) is 4.86. The molecule has 0 aromatic heterocycles. The van der Waals surface area contributed by atoms with Crippen LogP contribution in [0.2, 0.25) is 0 Å². The summed E-state index contributed by atoms with van der Waals surface area (Å²) in [5.41, 5.74) is 3.70. The normalized spacial score (nSPS) is 11.1. The van der Waals surface area contributed by atoms with Crippen LogP contribution in [0.5, 0.6) is 0 Å². The molecule has 0 bridgehead atoms. The van der Waals surface area contributed by atoms with E-state index in [1.807, 2.05) is 0 Å². The zero-order valence-corrected chi connectivity index (χ0v) is 11.3. The maximum Gasteiger partial charge on any atom is 0.135 e. The Balaban J connectivity index is 2.31. The molecule has 0 aliphatic heterocycles. The van der Waals surface area contributed by atoms with E-state index in [0.717, 1.165) is 13.1 Å². The lowest BCUT2D eigenvalue weighted by Crippen LogP contribution is -2.25. The SMILES string of the molecule is CCN(CC)COOCc1ccc(C)cc1C. The van der Waals surface area contributed by atoms with E-state index < -0.39 is 0 Å². The second-order valence-electron chi connectivity index (χ2n) is 4.24. The summed E-state index contributed by atoms with van der Waals surface area (Å²) in [5, 5.41) is 0. The van der Waals surface area contributed by atoms with Crippen LogP contribution in [0.25, 0.3) is 0 Å². The van der Waals surface area contributed by atoms with Crippen LogP contribution in [0.15, 0.2) is 18.2 Å². The van der Waals surface area contributed by atoms with Gasteiger partial charge in [-0.1, -0.05) is 37.6 Å². The van der Waals surface area contributed by atoms with Crippen molar-refractivity contribution in [3.63, 3.8) is 0 Å². The van der Waals surface area contributed by atoms with Crippen molar-refractivity contribution in [2.24, 2.45) is 0 Å². The quantitative estimate of drug-likeness (QED) is 0.315. The molecule has 17 heavy (non-hydrogen) atoms. The van der Waals surface area contributed by atoms with Gasteiger partial charge in [0, 0.05) is 0 Å². The zero-order valence-electron chi connectivity index (χ0n) is 11.3. The minimum Gasteiger partial charge on any atom is -0.279 e. The molecule has 0 radical (unpaired) electrons. The molecule has 0 atom stereocenters. The Morgan fingerprint density at radius 2 is 1.76 bits per heavy atom. The van der Waals surface area contributed by atoms with Gasteiger partial charge in [0.2, 0.25) is 0 Å². The van der Waals surface area contributed by atoms with Crippen molar-refractivity contribution < 1.29 is 9.78 Å². The van der Waals surface area contributed by atoms with Gasteiger partial charge in [-0.2, -0.15) is 0 Å². The molecule has 0 aliphatic rings. The number of aryl methyl sites for hydroxylation is 2. The molecule has 0 saturated heterocycles. The maximum atomic E-state index is 5.23. The number of benzene rings is 1. The molecule has 0 N–H and O–H groups in total. The fraction of sp³-hybridized carbons (Fsp3) is 0.571. The Hall–Kier alpha value is -0.900. The predicted octanol–water partition coefficient (Wildman–Crippen LogP) is 3.05. The number of hydrogen-bond acceptors (Lipinski definition) is 3. The highest BCUT2D eigenvalue weighted by atomic mass is 17.2. The third-order valence-electron chi connectivity index (χ3n) is 2.93. The van der Waals surface area contributed by atoms with Crippen molar-refractivity contribution in [2.45, 2.75) is 34.3 Å². The van der Waals surface area contributed by atoms with Crippen molar-refractivity contribution >= 4 is 0 Å². The molecule has 0 saturated carbocycles. The Kier molecular flexibility index (Phi) is 6.19. The lowest BCUT2D eigenvalue weighted by Gasteiger charge is -2.17. The van der Waals surface area contributed by atoms with Crippen molar-refractivity contribution in [1.29, 1.82) is 0 Å². The summed E-state index contributed by atoms with van der Waals surface area (Å²) in [4.78, 5) is 12.6. The minimum absolute atomic E-state index is 0.507. The molecule has 0 amide bonds. The summed E-state index contributed by atoms with van der Waals surface area (Å²) in [6.45, 7) is 11.4. The summed E-state index contributed by atoms with van der Waals surface area (Å²) in [5.74, 6) is 0. The van der Waals surface area contributed by atoms with Gasteiger partial charge in [0.1, 0.15) is 13.3 Å². The first kappa shape index (κ1) is 14.2. The summed E-state index contributed by atoms with van der Waals surface area (Å²) in [6.07, 6.45) is 0. The fourth-order valence-corrected chi connectivity index (χ4v) is 1.63. The van der Waals surface area contributed by atoms with Crippen molar-refractivity contribution in [1.82, 2.24) is 4.90 Å². The van der Waals surface area contributed by atoms with Crippen LogP contribution in [0.4, 0.5) is 0 Å². The molecular formula is C14H23NO2. The molecule has 1 aromatic rings. The van der Waals surface area contributed by atoms with Gasteiger partial charge in [-0.3, -0.25) is 4.90 Å². The van der Waals surface area contributed by atoms with E-state index in [4.69, 9.17) is 9.78 Å². The largest absolute Gasteiger partial charge is 0.279 e. The maximum absolute atomic E-state index is 5.23. The monoisotopic (exact) mass is 237 g/mol. The van der Waals surface area contributed by atoms with Crippen LogP contribution in [-0.4, -0.2) is 24.7 Å². The van der Waals surface area contributed by atoms with Crippen molar-refractivity contribution in [3.05, 3.63) is 34.9 Å². The number of nitrogens with zero attached hydrogens (tertiary/aromatic N) is 1. The molecule has 96 valence electrons. The van der Waals surface area contributed by atoms with Gasteiger partial charge >= 0.3 is 0 Å². The van der Waals surface area contributed by atoms with Gasteiger partial charge in [-0.15, -0.1) is 0 Å². The minimum atomic E-state index is 0.507. The van der Waals surface area contributed by atoms with Gasteiger partial charge in [-0.05, 0) is 38.1 Å². The van der Waals surface area contributed by atoms with Gasteiger partial charge in [0.05, 0.1) is 0 Å². The topological polar surface area (TPSA) is 21.7 Å². The van der Waals surface area contributed by atoms with Crippen LogP contribution >= 0.6 is 0 Å². The second-order valence-corrected chi connectivity index (χ2v) is 4.24. The molecule has 0 aliphatic carbocycles. The first-order chi connectivity index (χ1) is 8.17. The smallest absolute Gasteiger partial charge is 0.135 e.